The van der Waals surface area contributed by atoms with Crippen LogP contribution in [0.2, 0.25) is 0 Å². The van der Waals surface area contributed by atoms with Gasteiger partial charge in [0.2, 0.25) is 0 Å². The first-order chi connectivity index (χ1) is 30.9. The average molecular weight is 868 g/mol. The van der Waals surface area contributed by atoms with Crippen LogP contribution < -0.4 is 15.0 Å². The lowest BCUT2D eigenvalue weighted by atomic mass is 9.47. The van der Waals surface area contributed by atoms with Gasteiger partial charge in [-0.05, 0) is 80.0 Å². The molecule has 2 fully saturated rings. The number of carbonyl (C=O) groups excluding carboxylic acids is 3. The summed E-state index contributed by atoms with van der Waals surface area (Å²) in [5, 5.41) is 18.1. The number of amides is 1. The van der Waals surface area contributed by atoms with Crippen molar-refractivity contribution in [3.63, 3.8) is 0 Å². The van der Waals surface area contributed by atoms with E-state index < -0.39 is 40.0 Å². The topological polar surface area (TPSA) is 137 Å². The highest BCUT2D eigenvalue weighted by Gasteiger charge is 2.78. The molecule has 1 aliphatic carbocycles. The number of para-hydroxylation sites is 1. The number of aromatic amines is 1. The number of benzene rings is 3. The first-order valence-electron chi connectivity index (χ1n) is 23.1. The van der Waals surface area contributed by atoms with Gasteiger partial charge in [0, 0.05) is 96.5 Å². The summed E-state index contributed by atoms with van der Waals surface area (Å²) >= 11 is 0. The first kappa shape index (κ1) is 42.5. The molecule has 10 rings (SSSR count). The van der Waals surface area contributed by atoms with E-state index in [1.54, 1.807) is 19.2 Å². The van der Waals surface area contributed by atoms with Crippen molar-refractivity contribution in [2.45, 2.75) is 87.5 Å². The maximum atomic E-state index is 15.4. The SMILES string of the molecule is CCC1=C[C@@H]2CN(CCc3c([nH]c4ccccc34)[C@@](C(=O)OC)(c3cc4c(cc3OC)N(C)[C@H]3[C@@](O)(CNC(=O)c5ccccc5)[C@H](OC(C)=O)[C@]5(CC)C=CCN6CC[C@]43[C@@H]65)C2)C1. The third-order valence-electron chi connectivity index (χ3n) is 16.2. The predicted molar refractivity (Wildman–Crippen MR) is 246 cm³/mol. The van der Waals surface area contributed by atoms with E-state index in [4.69, 9.17) is 14.2 Å². The van der Waals surface area contributed by atoms with E-state index in [0.717, 1.165) is 78.0 Å². The van der Waals surface area contributed by atoms with E-state index in [-0.39, 0.29) is 30.4 Å². The summed E-state index contributed by atoms with van der Waals surface area (Å²) in [5.74, 6) is -0.621. The number of nitrogens with one attached hydrogen (secondary N) is 2. The number of ether oxygens (including phenoxy) is 3. The number of aromatic nitrogens is 1. The molecule has 6 aliphatic rings. The number of nitrogens with zero attached hydrogens (tertiary/aromatic N) is 3. The Morgan fingerprint density at radius 3 is 2.50 bits per heavy atom. The van der Waals surface area contributed by atoms with Crippen molar-refractivity contribution in [2.24, 2.45) is 11.3 Å². The van der Waals surface area contributed by atoms with Gasteiger partial charge in [0.05, 0.1) is 26.8 Å². The standard InChI is InChI=1S/C52H61N5O7/c1-7-33-25-34-28-51(48(60)63-6,43-37(19-23-56(29-33)30-34)36-17-12-13-18-40(36)54-43)39-26-38-41(27-42(39)62-5)55(4)46-50(38)21-24-57-22-14-20-49(8-2,45(50)57)47(64-32(3)58)52(46,61)31-53-44(59)35-15-10-9-11-16-35/h9-18,20,25-27,34,45-47,54,61H,7-8,19,21-24,28-31H2,1-6H3,(H,53,59)/t34-,45-,46+,47+,49+,50+,51-,52-/m0/s1. The van der Waals surface area contributed by atoms with Crippen molar-refractivity contribution in [3.05, 3.63) is 118 Å². The number of esters is 2. The summed E-state index contributed by atoms with van der Waals surface area (Å²) in [6, 6.07) is 20.7. The van der Waals surface area contributed by atoms with Crippen molar-refractivity contribution < 1.29 is 33.7 Å². The van der Waals surface area contributed by atoms with Gasteiger partial charge >= 0.3 is 11.9 Å². The molecule has 3 N–H and O–H groups in total. The zero-order valence-electron chi connectivity index (χ0n) is 37.9. The van der Waals surface area contributed by atoms with Crippen LogP contribution in [0.1, 0.15) is 79.2 Å². The van der Waals surface area contributed by atoms with Crippen molar-refractivity contribution >= 4 is 34.4 Å². The quantitative estimate of drug-likeness (QED) is 0.135. The Hall–Kier alpha value is -5.43. The van der Waals surface area contributed by atoms with Crippen LogP contribution >= 0.6 is 0 Å². The number of methoxy groups -OCH3 is 2. The zero-order chi connectivity index (χ0) is 44.8. The van der Waals surface area contributed by atoms with Gasteiger partial charge in [0.25, 0.3) is 5.91 Å². The highest BCUT2D eigenvalue weighted by molar-refractivity contribution is 5.95. The fourth-order valence-electron chi connectivity index (χ4n) is 13.9. The molecule has 64 heavy (non-hydrogen) atoms. The molecule has 3 aromatic carbocycles. The van der Waals surface area contributed by atoms with Crippen LogP contribution in [0, 0.1) is 11.3 Å². The Morgan fingerprint density at radius 2 is 1.77 bits per heavy atom. The molecule has 12 heteroatoms. The summed E-state index contributed by atoms with van der Waals surface area (Å²) in [6.07, 6.45) is 9.05. The van der Waals surface area contributed by atoms with E-state index >= 15 is 4.79 Å². The van der Waals surface area contributed by atoms with Crippen molar-refractivity contribution in [1.82, 2.24) is 20.1 Å². The van der Waals surface area contributed by atoms with Crippen LogP contribution in [0.15, 0.2) is 90.5 Å². The third kappa shape index (κ3) is 5.93. The summed E-state index contributed by atoms with van der Waals surface area (Å²) in [4.78, 5) is 53.6. The number of rotatable bonds is 9. The lowest BCUT2D eigenvalue weighted by Gasteiger charge is -2.64. The number of carbonyl (C=O) groups is 3. The van der Waals surface area contributed by atoms with Crippen LogP contribution in [0.3, 0.4) is 0 Å². The summed E-state index contributed by atoms with van der Waals surface area (Å²) in [5.41, 5.74) is 2.58. The summed E-state index contributed by atoms with van der Waals surface area (Å²) < 4.78 is 18.9. The van der Waals surface area contributed by atoms with Crippen molar-refractivity contribution in [3.8, 4) is 5.75 Å². The molecule has 2 bridgehead atoms. The fraction of sp³-hybridized carbons (Fsp3) is 0.481. The van der Waals surface area contributed by atoms with Crippen LogP contribution in [0.5, 0.6) is 5.75 Å². The van der Waals surface area contributed by atoms with Gasteiger partial charge in [-0.15, -0.1) is 0 Å². The highest BCUT2D eigenvalue weighted by Crippen LogP contribution is 2.68. The minimum atomic E-state index is -1.79. The Labute approximate surface area is 375 Å². The highest BCUT2D eigenvalue weighted by atomic mass is 16.6. The molecule has 1 aromatic heterocycles. The largest absolute Gasteiger partial charge is 0.496 e. The third-order valence-corrected chi connectivity index (χ3v) is 16.2. The van der Waals surface area contributed by atoms with E-state index in [1.165, 1.54) is 19.6 Å². The van der Waals surface area contributed by atoms with Gasteiger partial charge in [0.15, 0.2) is 0 Å². The molecule has 1 unspecified atom stereocenters. The van der Waals surface area contributed by atoms with Crippen LogP contribution in [-0.2, 0) is 36.3 Å². The van der Waals surface area contributed by atoms with Gasteiger partial charge in [-0.25, -0.2) is 0 Å². The maximum absolute atomic E-state index is 15.4. The second kappa shape index (κ2) is 15.6. The number of aliphatic hydroxyl groups is 1. The molecule has 1 saturated heterocycles. The molecule has 336 valence electrons. The summed E-state index contributed by atoms with van der Waals surface area (Å²) in [7, 11) is 5.14. The number of H-pyrrole nitrogens is 1. The van der Waals surface area contributed by atoms with Crippen LogP contribution in [0.25, 0.3) is 10.9 Å². The normalized spacial score (nSPS) is 32.5. The van der Waals surface area contributed by atoms with Crippen molar-refractivity contribution in [1.29, 1.82) is 0 Å². The lowest BCUT2D eigenvalue weighted by Crippen LogP contribution is -2.81. The Kier molecular flexibility index (Phi) is 10.4. The molecule has 4 aromatic rings. The van der Waals surface area contributed by atoms with Gasteiger partial charge in [-0.2, -0.15) is 0 Å². The van der Waals surface area contributed by atoms with E-state index in [9.17, 15) is 14.7 Å². The zero-order valence-corrected chi connectivity index (χ0v) is 37.9. The molecule has 1 spiro atoms. The molecule has 1 saturated carbocycles. The average Bonchev–Trinajstić information content (AvgIpc) is 3.98. The molecule has 9 atom stereocenters. The predicted octanol–water partition coefficient (Wildman–Crippen LogP) is 6.05. The number of hydrogen-bond acceptors (Lipinski definition) is 10. The molecular formula is C52H61N5O7. The molecule has 5 aliphatic heterocycles. The van der Waals surface area contributed by atoms with Gasteiger partial charge in [-0.3, -0.25) is 24.2 Å². The minimum Gasteiger partial charge on any atom is -0.496 e. The minimum absolute atomic E-state index is 0.0300. The second-order valence-corrected chi connectivity index (χ2v) is 19.2. The molecule has 6 heterocycles. The smallest absolute Gasteiger partial charge is 0.322 e. The van der Waals surface area contributed by atoms with Crippen LogP contribution in [-0.4, -0.2) is 122 Å². The second-order valence-electron chi connectivity index (χ2n) is 19.2. The number of hydrogen-bond donors (Lipinski definition) is 3. The Bertz CT molecular complexity index is 2590. The monoisotopic (exact) mass is 867 g/mol. The summed E-state index contributed by atoms with van der Waals surface area (Å²) in [6.45, 7) is 9.53. The van der Waals surface area contributed by atoms with Gasteiger partial charge in [0.1, 0.15) is 22.9 Å². The molecule has 12 nitrogen and oxygen atoms in total. The van der Waals surface area contributed by atoms with E-state index in [2.05, 4.69) is 87.4 Å². The number of anilines is 1. The fourth-order valence-corrected chi connectivity index (χ4v) is 13.9. The maximum Gasteiger partial charge on any atom is 0.322 e. The molecular weight excluding hydrogens is 807 g/mol. The van der Waals surface area contributed by atoms with E-state index in [1.807, 2.05) is 31.3 Å². The van der Waals surface area contributed by atoms with Crippen molar-refractivity contribution in [2.75, 3.05) is 65.4 Å². The lowest BCUT2D eigenvalue weighted by molar-refractivity contribution is -0.216. The molecule has 0 radical (unpaired) electrons. The Balaban J connectivity index is 1.24. The van der Waals surface area contributed by atoms with Crippen LogP contribution in [0.4, 0.5) is 5.69 Å². The molecule has 1 amide bonds. The Morgan fingerprint density at radius 1 is 0.984 bits per heavy atom. The first-order valence-corrected chi connectivity index (χ1v) is 23.1. The van der Waals surface area contributed by atoms with Gasteiger partial charge in [-0.1, -0.05) is 74.0 Å². The number of likely N-dealkylation sites (N-methyl/N-ethyl adjacent to an activating group) is 1. The number of fused-ring (bicyclic) bond motifs is 6. The van der Waals surface area contributed by atoms with E-state index in [0.29, 0.717) is 37.1 Å². The van der Waals surface area contributed by atoms with Gasteiger partial charge < -0.3 is 34.5 Å².